The van der Waals surface area contributed by atoms with Gasteiger partial charge in [0, 0.05) is 19.3 Å². The van der Waals surface area contributed by atoms with Crippen LogP contribution in [-0.2, 0) is 4.79 Å². The molecular formula is C14H17N3O. The highest BCUT2D eigenvalue weighted by atomic mass is 16.2. The zero-order chi connectivity index (χ0) is 13.0. The topological polar surface area (TPSA) is 56.1 Å². The lowest BCUT2D eigenvalue weighted by molar-refractivity contribution is -0.119. The van der Waals surface area contributed by atoms with Crippen LogP contribution in [0.1, 0.15) is 18.4 Å². The van der Waals surface area contributed by atoms with E-state index in [1.165, 1.54) is 12.8 Å². The number of anilines is 1. The van der Waals surface area contributed by atoms with Crippen molar-refractivity contribution in [1.82, 2.24) is 5.32 Å². The Labute approximate surface area is 107 Å². The van der Waals surface area contributed by atoms with Crippen LogP contribution in [-0.4, -0.2) is 26.0 Å². The first-order valence-electron chi connectivity index (χ1n) is 6.17. The van der Waals surface area contributed by atoms with Crippen LogP contribution in [0, 0.1) is 17.2 Å². The summed E-state index contributed by atoms with van der Waals surface area (Å²) < 4.78 is 0. The van der Waals surface area contributed by atoms with E-state index in [1.54, 1.807) is 12.1 Å². The first-order valence-corrected chi connectivity index (χ1v) is 6.17. The van der Waals surface area contributed by atoms with Gasteiger partial charge in [-0.25, -0.2) is 0 Å². The number of carbonyl (C=O) groups is 1. The number of nitriles is 1. The van der Waals surface area contributed by atoms with Crippen LogP contribution in [0.4, 0.5) is 5.69 Å². The van der Waals surface area contributed by atoms with Crippen LogP contribution >= 0.6 is 0 Å². The molecule has 0 radical (unpaired) electrons. The fourth-order valence-electron chi connectivity index (χ4n) is 1.76. The number of benzene rings is 1. The van der Waals surface area contributed by atoms with E-state index in [0.29, 0.717) is 18.0 Å². The summed E-state index contributed by atoms with van der Waals surface area (Å²) in [6.45, 7) is 1.12. The summed E-state index contributed by atoms with van der Waals surface area (Å²) >= 11 is 0. The third kappa shape index (κ3) is 3.49. The van der Waals surface area contributed by atoms with E-state index in [0.717, 1.165) is 12.2 Å². The van der Waals surface area contributed by atoms with E-state index in [9.17, 15) is 4.79 Å². The zero-order valence-corrected chi connectivity index (χ0v) is 10.5. The normalized spacial score (nSPS) is 13.8. The predicted molar refractivity (Wildman–Crippen MR) is 70.2 cm³/mol. The molecule has 0 saturated heterocycles. The molecule has 0 spiro atoms. The van der Waals surface area contributed by atoms with Gasteiger partial charge in [-0.15, -0.1) is 0 Å². The van der Waals surface area contributed by atoms with Crippen molar-refractivity contribution >= 4 is 11.6 Å². The van der Waals surface area contributed by atoms with Crippen molar-refractivity contribution in [2.24, 2.45) is 5.92 Å². The Balaban J connectivity index is 1.87. The Morgan fingerprint density at radius 2 is 2.33 bits per heavy atom. The van der Waals surface area contributed by atoms with Gasteiger partial charge in [0.15, 0.2) is 0 Å². The molecule has 1 amide bonds. The summed E-state index contributed by atoms with van der Waals surface area (Å²) in [6.07, 6.45) is 2.47. The number of hydrogen-bond acceptors (Lipinski definition) is 3. The largest absolute Gasteiger partial charge is 0.365 e. The lowest BCUT2D eigenvalue weighted by atomic mass is 10.2. The van der Waals surface area contributed by atoms with E-state index < -0.39 is 0 Å². The number of nitrogens with one attached hydrogen (secondary N) is 1. The molecule has 1 fully saturated rings. The van der Waals surface area contributed by atoms with Gasteiger partial charge in [-0.3, -0.25) is 4.79 Å². The number of hydrogen-bond donors (Lipinski definition) is 1. The molecule has 2 rings (SSSR count). The zero-order valence-electron chi connectivity index (χ0n) is 10.5. The SMILES string of the molecule is CN(CC(=O)NCC1CC1)c1cccc(C#N)c1. The summed E-state index contributed by atoms with van der Waals surface area (Å²) in [6, 6.07) is 9.36. The maximum atomic E-state index is 11.7. The lowest BCUT2D eigenvalue weighted by Crippen LogP contribution is -2.36. The molecule has 94 valence electrons. The Kier molecular flexibility index (Phi) is 3.83. The molecule has 0 heterocycles. The summed E-state index contributed by atoms with van der Waals surface area (Å²) in [5.41, 5.74) is 1.49. The van der Waals surface area contributed by atoms with Crippen LogP contribution < -0.4 is 10.2 Å². The maximum absolute atomic E-state index is 11.7. The standard InChI is InChI=1S/C14H17N3O/c1-17(10-14(18)16-9-11-5-6-11)13-4-2-3-12(7-13)8-15/h2-4,7,11H,5-6,9-10H2,1H3,(H,16,18). The molecular weight excluding hydrogens is 226 g/mol. The maximum Gasteiger partial charge on any atom is 0.239 e. The molecule has 0 aromatic heterocycles. The molecule has 1 aliphatic carbocycles. The minimum absolute atomic E-state index is 0.0340. The van der Waals surface area contributed by atoms with Gasteiger partial charge in [-0.05, 0) is 37.0 Å². The lowest BCUT2D eigenvalue weighted by Gasteiger charge is -2.18. The highest BCUT2D eigenvalue weighted by Gasteiger charge is 2.21. The molecule has 1 aromatic carbocycles. The fraction of sp³-hybridized carbons (Fsp3) is 0.429. The van der Waals surface area contributed by atoms with Gasteiger partial charge in [0.1, 0.15) is 0 Å². The van der Waals surface area contributed by atoms with Crippen LogP contribution in [0.25, 0.3) is 0 Å². The number of amides is 1. The second-order valence-corrected chi connectivity index (χ2v) is 4.77. The van der Waals surface area contributed by atoms with Crippen molar-refractivity contribution in [3.05, 3.63) is 29.8 Å². The quantitative estimate of drug-likeness (QED) is 0.853. The molecule has 4 heteroatoms. The van der Waals surface area contributed by atoms with E-state index in [1.807, 2.05) is 24.1 Å². The fourth-order valence-corrected chi connectivity index (χ4v) is 1.76. The Morgan fingerprint density at radius 3 is 3.00 bits per heavy atom. The molecule has 18 heavy (non-hydrogen) atoms. The van der Waals surface area contributed by atoms with E-state index >= 15 is 0 Å². The van der Waals surface area contributed by atoms with Crippen molar-refractivity contribution in [3.63, 3.8) is 0 Å². The summed E-state index contributed by atoms with van der Waals surface area (Å²) in [7, 11) is 1.85. The molecule has 0 atom stereocenters. The Morgan fingerprint density at radius 1 is 1.56 bits per heavy atom. The van der Waals surface area contributed by atoms with Gasteiger partial charge >= 0.3 is 0 Å². The summed E-state index contributed by atoms with van der Waals surface area (Å²) in [5.74, 6) is 0.730. The van der Waals surface area contributed by atoms with Gasteiger partial charge in [-0.2, -0.15) is 5.26 Å². The third-order valence-electron chi connectivity index (χ3n) is 3.08. The number of carbonyl (C=O) groups excluding carboxylic acids is 1. The van der Waals surface area contributed by atoms with Crippen molar-refractivity contribution in [2.75, 3.05) is 25.0 Å². The van der Waals surface area contributed by atoms with Gasteiger partial charge in [-0.1, -0.05) is 6.07 Å². The molecule has 1 aromatic rings. The van der Waals surface area contributed by atoms with Crippen LogP contribution in [0.2, 0.25) is 0 Å². The van der Waals surface area contributed by atoms with Crippen molar-refractivity contribution < 1.29 is 4.79 Å². The molecule has 0 unspecified atom stereocenters. The Bertz CT molecular complexity index is 474. The summed E-state index contributed by atoms with van der Waals surface area (Å²) in [4.78, 5) is 13.5. The second-order valence-electron chi connectivity index (χ2n) is 4.77. The summed E-state index contributed by atoms with van der Waals surface area (Å²) in [5, 5.41) is 11.8. The first kappa shape index (κ1) is 12.4. The minimum atomic E-state index is 0.0340. The predicted octanol–water partition coefficient (Wildman–Crippen LogP) is 1.52. The third-order valence-corrected chi connectivity index (χ3v) is 3.08. The number of likely N-dealkylation sites (N-methyl/N-ethyl adjacent to an activating group) is 1. The van der Waals surface area contributed by atoms with Crippen LogP contribution in [0.3, 0.4) is 0 Å². The number of rotatable bonds is 5. The second kappa shape index (κ2) is 5.54. The monoisotopic (exact) mass is 243 g/mol. The molecule has 1 aliphatic rings. The highest BCUT2D eigenvalue weighted by Crippen LogP contribution is 2.27. The molecule has 0 bridgehead atoms. The van der Waals surface area contributed by atoms with Crippen molar-refractivity contribution in [3.8, 4) is 6.07 Å². The average Bonchev–Trinajstić information content (AvgIpc) is 3.20. The van der Waals surface area contributed by atoms with Gasteiger partial charge < -0.3 is 10.2 Å². The van der Waals surface area contributed by atoms with Gasteiger partial charge in [0.2, 0.25) is 5.91 Å². The minimum Gasteiger partial charge on any atom is -0.365 e. The molecule has 0 aliphatic heterocycles. The first-order chi connectivity index (χ1) is 8.69. The Hall–Kier alpha value is -2.02. The van der Waals surface area contributed by atoms with E-state index in [-0.39, 0.29) is 5.91 Å². The van der Waals surface area contributed by atoms with E-state index in [4.69, 9.17) is 5.26 Å². The molecule has 4 nitrogen and oxygen atoms in total. The molecule has 1 N–H and O–H groups in total. The van der Waals surface area contributed by atoms with Crippen molar-refractivity contribution in [1.29, 1.82) is 5.26 Å². The number of nitrogens with zero attached hydrogens (tertiary/aromatic N) is 2. The van der Waals surface area contributed by atoms with Gasteiger partial charge in [0.05, 0.1) is 18.2 Å². The molecule has 1 saturated carbocycles. The van der Waals surface area contributed by atoms with Crippen LogP contribution in [0.15, 0.2) is 24.3 Å². The van der Waals surface area contributed by atoms with Crippen molar-refractivity contribution in [2.45, 2.75) is 12.8 Å². The van der Waals surface area contributed by atoms with Gasteiger partial charge in [0.25, 0.3) is 0 Å². The smallest absolute Gasteiger partial charge is 0.239 e. The average molecular weight is 243 g/mol. The van der Waals surface area contributed by atoms with Crippen LogP contribution in [0.5, 0.6) is 0 Å². The van der Waals surface area contributed by atoms with E-state index in [2.05, 4.69) is 11.4 Å². The highest BCUT2D eigenvalue weighted by molar-refractivity contribution is 5.81.